The number of sulfonamides is 1. The highest BCUT2D eigenvalue weighted by Gasteiger charge is 2.42. The van der Waals surface area contributed by atoms with Crippen LogP contribution in [0.1, 0.15) is 31.1 Å². The lowest BCUT2D eigenvalue weighted by molar-refractivity contribution is 0.0996. The second-order valence-electron chi connectivity index (χ2n) is 5.33. The van der Waals surface area contributed by atoms with E-state index in [0.717, 1.165) is 30.7 Å². The fourth-order valence-corrected chi connectivity index (χ4v) is 5.65. The van der Waals surface area contributed by atoms with E-state index in [1.54, 1.807) is 6.07 Å². The minimum atomic E-state index is -3.44. The monoisotopic (exact) mass is 316 g/mol. The third-order valence-corrected chi connectivity index (χ3v) is 6.57. The first-order valence-corrected chi connectivity index (χ1v) is 9.41. The Hall–Kier alpha value is -0.470. The second kappa shape index (κ2) is 5.73. The summed E-state index contributed by atoms with van der Waals surface area (Å²) in [7, 11) is -3.44. The minimum absolute atomic E-state index is 0.0608. The maximum atomic E-state index is 12.5. The second-order valence-corrected chi connectivity index (χ2v) is 8.01. The van der Waals surface area contributed by atoms with Gasteiger partial charge in [-0.3, -0.25) is 0 Å². The molecule has 7 heteroatoms. The molecule has 2 aliphatic rings. The molecule has 2 saturated heterocycles. The van der Waals surface area contributed by atoms with Crippen LogP contribution in [0.5, 0.6) is 0 Å². The molecule has 3 unspecified atom stereocenters. The highest BCUT2D eigenvalue weighted by molar-refractivity contribution is 7.89. The van der Waals surface area contributed by atoms with Gasteiger partial charge in [0.1, 0.15) is 0 Å². The molecule has 0 amide bonds. The molecule has 3 heterocycles. The Balaban J connectivity index is 1.73. The maximum Gasteiger partial charge on any atom is 0.242 e. The van der Waals surface area contributed by atoms with Crippen LogP contribution in [0.25, 0.3) is 0 Å². The Morgan fingerprint density at radius 1 is 1.45 bits per heavy atom. The minimum Gasteiger partial charge on any atom is -0.373 e. The van der Waals surface area contributed by atoms with Gasteiger partial charge in [-0.2, -0.15) is 0 Å². The molecule has 3 rings (SSSR count). The largest absolute Gasteiger partial charge is 0.373 e. The lowest BCUT2D eigenvalue weighted by Gasteiger charge is -2.20. The molecule has 0 saturated carbocycles. The highest BCUT2D eigenvalue weighted by atomic mass is 32.2. The Morgan fingerprint density at radius 2 is 2.30 bits per heavy atom. The van der Waals surface area contributed by atoms with Crippen LogP contribution < -0.4 is 10.0 Å². The number of rotatable bonds is 6. The van der Waals surface area contributed by atoms with Crippen molar-refractivity contribution < 1.29 is 13.2 Å². The van der Waals surface area contributed by atoms with Gasteiger partial charge >= 0.3 is 0 Å². The third kappa shape index (κ3) is 2.78. The summed E-state index contributed by atoms with van der Waals surface area (Å²) >= 11 is 1.48. The summed E-state index contributed by atoms with van der Waals surface area (Å²) in [5.41, 5.74) is 0. The topological polar surface area (TPSA) is 67.4 Å². The third-order valence-electron chi connectivity index (χ3n) is 3.94. The van der Waals surface area contributed by atoms with Crippen molar-refractivity contribution in [2.24, 2.45) is 0 Å². The van der Waals surface area contributed by atoms with Gasteiger partial charge in [0.25, 0.3) is 0 Å². The Kier molecular flexibility index (Phi) is 4.14. The Morgan fingerprint density at radius 3 is 2.95 bits per heavy atom. The molecule has 0 aliphatic carbocycles. The van der Waals surface area contributed by atoms with E-state index in [4.69, 9.17) is 4.74 Å². The first-order chi connectivity index (χ1) is 9.60. The van der Waals surface area contributed by atoms with Crippen LogP contribution >= 0.6 is 11.3 Å². The summed E-state index contributed by atoms with van der Waals surface area (Å²) < 4.78 is 33.6. The van der Waals surface area contributed by atoms with Crippen molar-refractivity contribution >= 4 is 21.4 Å². The lowest BCUT2D eigenvalue weighted by atomic mass is 9.96. The van der Waals surface area contributed by atoms with Crippen molar-refractivity contribution in [1.82, 2.24) is 10.0 Å². The van der Waals surface area contributed by atoms with E-state index in [0.29, 0.717) is 11.4 Å². The average molecular weight is 316 g/mol. The van der Waals surface area contributed by atoms with Crippen LogP contribution in [0.3, 0.4) is 0 Å². The van der Waals surface area contributed by atoms with Gasteiger partial charge in [0, 0.05) is 11.4 Å². The van der Waals surface area contributed by atoms with Gasteiger partial charge in [-0.05, 0) is 37.3 Å². The van der Waals surface area contributed by atoms with Crippen molar-refractivity contribution in [2.45, 2.75) is 55.9 Å². The zero-order valence-electron chi connectivity index (χ0n) is 11.5. The van der Waals surface area contributed by atoms with E-state index in [-0.39, 0.29) is 18.2 Å². The van der Waals surface area contributed by atoms with Crippen LogP contribution in [-0.4, -0.2) is 33.2 Å². The number of thiophene rings is 1. The Bertz CT molecular complexity index is 570. The van der Waals surface area contributed by atoms with Crippen LogP contribution in [0, 0.1) is 0 Å². The summed E-state index contributed by atoms with van der Waals surface area (Å²) in [6, 6.07) is 1.62. The molecule has 0 spiro atoms. The number of fused-ring (bicyclic) bond motifs is 2. The van der Waals surface area contributed by atoms with Crippen molar-refractivity contribution in [3.8, 4) is 0 Å². The molecular formula is C13H20N2O3S2. The van der Waals surface area contributed by atoms with Crippen LogP contribution in [0.2, 0.25) is 0 Å². The molecule has 20 heavy (non-hydrogen) atoms. The summed E-state index contributed by atoms with van der Waals surface area (Å²) in [4.78, 5) is 1.27. The quantitative estimate of drug-likeness (QED) is 0.834. The predicted octanol–water partition coefficient (Wildman–Crippen LogP) is 1.46. The predicted molar refractivity (Wildman–Crippen MR) is 78.3 cm³/mol. The van der Waals surface area contributed by atoms with Crippen LogP contribution in [0.15, 0.2) is 16.3 Å². The molecular weight excluding hydrogens is 296 g/mol. The average Bonchev–Trinajstić information content (AvgIpc) is 3.11. The summed E-state index contributed by atoms with van der Waals surface area (Å²) in [5.74, 6) is 0. The SMILES string of the molecule is CCNCc1sccc1S(=O)(=O)NC1CC2CCC1O2. The first-order valence-electron chi connectivity index (χ1n) is 7.05. The molecule has 112 valence electrons. The standard InChI is InChI=1S/C13H20N2O3S2/c1-2-14-8-12-13(5-6-19-12)20(16,17)15-10-7-9-3-4-11(10)18-9/h5-6,9-11,14-15H,2-4,7-8H2,1H3. The lowest BCUT2D eigenvalue weighted by Crippen LogP contribution is -2.41. The van der Waals surface area contributed by atoms with Gasteiger partial charge in [0.05, 0.1) is 23.1 Å². The Labute approximate surface area is 123 Å². The number of hydrogen-bond acceptors (Lipinski definition) is 5. The van der Waals surface area contributed by atoms with E-state index in [9.17, 15) is 8.42 Å². The van der Waals surface area contributed by atoms with Crippen molar-refractivity contribution in [2.75, 3.05) is 6.54 Å². The van der Waals surface area contributed by atoms with Gasteiger partial charge in [-0.25, -0.2) is 13.1 Å². The molecule has 3 atom stereocenters. The summed E-state index contributed by atoms with van der Waals surface area (Å²) in [6.45, 7) is 3.43. The molecule has 1 aromatic heterocycles. The molecule has 0 aromatic carbocycles. The zero-order valence-corrected chi connectivity index (χ0v) is 13.1. The highest BCUT2D eigenvalue weighted by Crippen LogP contribution is 2.35. The summed E-state index contributed by atoms with van der Waals surface area (Å²) in [5, 5.41) is 5.01. The molecule has 2 bridgehead atoms. The maximum absolute atomic E-state index is 12.5. The first kappa shape index (κ1) is 14.5. The molecule has 2 fully saturated rings. The molecule has 5 nitrogen and oxygen atoms in total. The van der Waals surface area contributed by atoms with Gasteiger partial charge in [0.2, 0.25) is 10.0 Å². The van der Waals surface area contributed by atoms with E-state index in [1.807, 2.05) is 12.3 Å². The molecule has 2 aliphatic heterocycles. The van der Waals surface area contributed by atoms with Gasteiger partial charge in [0.15, 0.2) is 0 Å². The van der Waals surface area contributed by atoms with Crippen molar-refractivity contribution in [1.29, 1.82) is 0 Å². The van der Waals surface area contributed by atoms with Gasteiger partial charge < -0.3 is 10.1 Å². The van der Waals surface area contributed by atoms with Crippen molar-refractivity contribution in [3.05, 3.63) is 16.3 Å². The van der Waals surface area contributed by atoms with E-state index >= 15 is 0 Å². The zero-order chi connectivity index (χ0) is 14.2. The van der Waals surface area contributed by atoms with E-state index in [2.05, 4.69) is 10.0 Å². The molecule has 0 radical (unpaired) electrons. The van der Waals surface area contributed by atoms with Crippen LogP contribution in [-0.2, 0) is 21.3 Å². The smallest absolute Gasteiger partial charge is 0.242 e. The number of ether oxygens (including phenoxy) is 1. The van der Waals surface area contributed by atoms with Gasteiger partial charge in [-0.1, -0.05) is 6.92 Å². The van der Waals surface area contributed by atoms with Crippen LogP contribution in [0.4, 0.5) is 0 Å². The van der Waals surface area contributed by atoms with E-state index in [1.165, 1.54) is 11.3 Å². The fraction of sp³-hybridized carbons (Fsp3) is 0.692. The van der Waals surface area contributed by atoms with Gasteiger partial charge in [-0.15, -0.1) is 11.3 Å². The molecule has 1 aromatic rings. The number of nitrogens with one attached hydrogen (secondary N) is 2. The normalized spacial score (nSPS) is 29.1. The molecule has 2 N–H and O–H groups in total. The van der Waals surface area contributed by atoms with E-state index < -0.39 is 10.0 Å². The number of hydrogen-bond donors (Lipinski definition) is 2. The fourth-order valence-electron chi connectivity index (χ4n) is 2.96. The summed E-state index contributed by atoms with van der Waals surface area (Å²) in [6.07, 6.45) is 3.14. The van der Waals surface area contributed by atoms with Crippen molar-refractivity contribution in [3.63, 3.8) is 0 Å².